The van der Waals surface area contributed by atoms with Gasteiger partial charge in [-0.25, -0.2) is 8.42 Å². The lowest BCUT2D eigenvalue weighted by Gasteiger charge is -2.13. The molecule has 0 spiro atoms. The minimum atomic E-state index is -3.82. The Balaban J connectivity index is 2.36. The van der Waals surface area contributed by atoms with Gasteiger partial charge < -0.3 is 5.32 Å². The Kier molecular flexibility index (Phi) is 5.04. The topological polar surface area (TPSA) is 92.3 Å². The predicted molar refractivity (Wildman–Crippen MR) is 91.8 cm³/mol. The molecule has 2 aromatic carbocycles. The first-order valence-corrected chi connectivity index (χ1v) is 8.70. The summed E-state index contributed by atoms with van der Waals surface area (Å²) in [7, 11) is -2.31. The van der Waals surface area contributed by atoms with Gasteiger partial charge in [-0.15, -0.1) is 0 Å². The average Bonchev–Trinajstić information content (AvgIpc) is 2.56. The molecule has 0 fully saturated rings. The Labute approximate surface area is 140 Å². The average molecular weight is 346 g/mol. The molecule has 2 N–H and O–H groups in total. The lowest BCUT2D eigenvalue weighted by atomic mass is 10.1. The molecule has 0 bridgehead atoms. The molecule has 0 saturated carbocycles. The summed E-state index contributed by atoms with van der Waals surface area (Å²) in [6, 6.07) is 10.5. The van der Waals surface area contributed by atoms with Crippen molar-refractivity contribution in [3.05, 3.63) is 59.2 Å². The number of benzene rings is 2. The monoisotopic (exact) mass is 346 g/mol. The molecular formula is C17H18N2O4S. The van der Waals surface area contributed by atoms with Crippen LogP contribution in [0.1, 0.15) is 33.2 Å². The van der Waals surface area contributed by atoms with E-state index in [1.54, 1.807) is 25.1 Å². The van der Waals surface area contributed by atoms with E-state index in [2.05, 4.69) is 10.0 Å². The third-order valence-electron chi connectivity index (χ3n) is 3.62. The van der Waals surface area contributed by atoms with E-state index in [-0.39, 0.29) is 16.6 Å². The molecule has 0 unspecified atom stereocenters. The van der Waals surface area contributed by atoms with E-state index in [9.17, 15) is 18.0 Å². The predicted octanol–water partition coefficient (Wildman–Crippen LogP) is 2.36. The van der Waals surface area contributed by atoms with E-state index in [1.807, 2.05) is 0 Å². The standard InChI is InChI=1S/C17H18N2O4S/c1-11-15(17(21)18-3)5-4-6-16(11)19-24(22,23)14-9-7-13(8-10-14)12(2)20/h4-10,19H,1-3H3,(H,18,21). The number of rotatable bonds is 5. The molecule has 0 heterocycles. The first-order chi connectivity index (χ1) is 11.3. The molecule has 0 aliphatic rings. The van der Waals surface area contributed by atoms with Crippen LogP contribution in [0.2, 0.25) is 0 Å². The zero-order valence-corrected chi connectivity index (χ0v) is 14.4. The Morgan fingerprint density at radius 3 is 2.17 bits per heavy atom. The van der Waals surface area contributed by atoms with Gasteiger partial charge in [0.2, 0.25) is 0 Å². The molecule has 0 radical (unpaired) electrons. The third-order valence-corrected chi connectivity index (χ3v) is 5.00. The first kappa shape index (κ1) is 17.7. The highest BCUT2D eigenvalue weighted by Gasteiger charge is 2.18. The van der Waals surface area contributed by atoms with Crippen molar-refractivity contribution < 1.29 is 18.0 Å². The molecule has 0 aliphatic carbocycles. The number of carbonyl (C=O) groups excluding carboxylic acids is 2. The van der Waals surface area contributed by atoms with Gasteiger partial charge in [0.25, 0.3) is 15.9 Å². The second-order valence-corrected chi connectivity index (χ2v) is 6.93. The Hall–Kier alpha value is -2.67. The maximum absolute atomic E-state index is 12.5. The second kappa shape index (κ2) is 6.84. The van der Waals surface area contributed by atoms with Crippen molar-refractivity contribution in [2.75, 3.05) is 11.8 Å². The van der Waals surface area contributed by atoms with Crippen LogP contribution in [0.25, 0.3) is 0 Å². The highest BCUT2D eigenvalue weighted by atomic mass is 32.2. The van der Waals surface area contributed by atoms with Gasteiger partial charge in [-0.1, -0.05) is 18.2 Å². The van der Waals surface area contributed by atoms with Gasteiger partial charge in [0.15, 0.2) is 5.78 Å². The van der Waals surface area contributed by atoms with E-state index >= 15 is 0 Å². The van der Waals surface area contributed by atoms with Crippen LogP contribution < -0.4 is 10.0 Å². The zero-order valence-electron chi connectivity index (χ0n) is 13.6. The van der Waals surface area contributed by atoms with Gasteiger partial charge in [-0.3, -0.25) is 14.3 Å². The number of nitrogens with one attached hydrogen (secondary N) is 2. The Bertz CT molecular complexity index is 887. The van der Waals surface area contributed by atoms with Gasteiger partial charge in [-0.05, 0) is 43.7 Å². The molecule has 0 atom stereocenters. The quantitative estimate of drug-likeness (QED) is 0.813. The Morgan fingerprint density at radius 2 is 1.62 bits per heavy atom. The number of sulfonamides is 1. The fourth-order valence-corrected chi connectivity index (χ4v) is 3.32. The van der Waals surface area contributed by atoms with Crippen molar-refractivity contribution in [2.24, 2.45) is 0 Å². The summed E-state index contributed by atoms with van der Waals surface area (Å²) in [6.07, 6.45) is 0. The number of Topliss-reactive ketones (excluding diaryl/α,β-unsaturated/α-hetero) is 1. The normalized spacial score (nSPS) is 11.0. The van der Waals surface area contributed by atoms with Crippen LogP contribution in [0, 0.1) is 6.92 Å². The summed E-state index contributed by atoms with van der Waals surface area (Å²) in [6.45, 7) is 3.08. The second-order valence-electron chi connectivity index (χ2n) is 5.24. The summed E-state index contributed by atoms with van der Waals surface area (Å²) in [5.74, 6) is -0.430. The highest BCUT2D eigenvalue weighted by Crippen LogP contribution is 2.23. The van der Waals surface area contributed by atoms with Crippen LogP contribution in [-0.2, 0) is 10.0 Å². The fraction of sp³-hybridized carbons (Fsp3) is 0.176. The van der Waals surface area contributed by atoms with Gasteiger partial charge >= 0.3 is 0 Å². The molecule has 0 saturated heterocycles. The maximum atomic E-state index is 12.5. The smallest absolute Gasteiger partial charge is 0.261 e. The molecule has 7 heteroatoms. The van der Waals surface area contributed by atoms with Crippen LogP contribution in [0.5, 0.6) is 0 Å². The van der Waals surface area contributed by atoms with Gasteiger partial charge in [0, 0.05) is 18.2 Å². The van der Waals surface area contributed by atoms with E-state index < -0.39 is 10.0 Å². The third kappa shape index (κ3) is 3.62. The van der Waals surface area contributed by atoms with Crippen LogP contribution in [0.15, 0.2) is 47.4 Å². The molecule has 2 aromatic rings. The largest absolute Gasteiger partial charge is 0.355 e. The number of amides is 1. The summed E-state index contributed by atoms with van der Waals surface area (Å²) < 4.78 is 27.5. The molecule has 1 amide bonds. The van der Waals surface area contributed by atoms with Crippen LogP contribution in [0.3, 0.4) is 0 Å². The summed E-state index contributed by atoms with van der Waals surface area (Å²) in [5.41, 5.74) is 1.68. The van der Waals surface area contributed by atoms with Crippen molar-refractivity contribution in [1.82, 2.24) is 5.32 Å². The number of ketones is 1. The van der Waals surface area contributed by atoms with Gasteiger partial charge in [0.05, 0.1) is 10.6 Å². The van der Waals surface area contributed by atoms with Gasteiger partial charge in [0.1, 0.15) is 0 Å². The maximum Gasteiger partial charge on any atom is 0.261 e. The first-order valence-electron chi connectivity index (χ1n) is 7.22. The summed E-state index contributed by atoms with van der Waals surface area (Å²) in [4.78, 5) is 23.1. The number of carbonyl (C=O) groups is 2. The number of hydrogen-bond donors (Lipinski definition) is 2. The highest BCUT2D eigenvalue weighted by molar-refractivity contribution is 7.92. The molecule has 6 nitrogen and oxygen atoms in total. The van der Waals surface area contributed by atoms with Crippen LogP contribution in [0.4, 0.5) is 5.69 Å². The van der Waals surface area contributed by atoms with Crippen molar-refractivity contribution in [3.8, 4) is 0 Å². The fourth-order valence-electron chi connectivity index (χ4n) is 2.20. The van der Waals surface area contributed by atoms with Crippen molar-refractivity contribution >= 4 is 27.4 Å². The zero-order chi connectivity index (χ0) is 17.9. The lowest BCUT2D eigenvalue weighted by Crippen LogP contribution is -2.20. The van der Waals surface area contributed by atoms with Crippen LogP contribution in [-0.4, -0.2) is 27.2 Å². The molecule has 24 heavy (non-hydrogen) atoms. The molecule has 126 valence electrons. The van der Waals surface area contributed by atoms with Crippen molar-refractivity contribution in [1.29, 1.82) is 0 Å². The van der Waals surface area contributed by atoms with Crippen molar-refractivity contribution in [3.63, 3.8) is 0 Å². The van der Waals surface area contributed by atoms with E-state index in [4.69, 9.17) is 0 Å². The minimum Gasteiger partial charge on any atom is -0.355 e. The summed E-state index contributed by atoms with van der Waals surface area (Å²) >= 11 is 0. The SMILES string of the molecule is CNC(=O)c1cccc(NS(=O)(=O)c2ccc(C(C)=O)cc2)c1C. The minimum absolute atomic E-state index is 0.0391. The van der Waals surface area contributed by atoms with E-state index in [1.165, 1.54) is 38.2 Å². The molecule has 0 aliphatic heterocycles. The van der Waals surface area contributed by atoms with E-state index in [0.29, 0.717) is 22.4 Å². The van der Waals surface area contributed by atoms with E-state index in [0.717, 1.165) is 0 Å². The summed E-state index contributed by atoms with van der Waals surface area (Å²) in [5, 5.41) is 2.51. The Morgan fingerprint density at radius 1 is 1.00 bits per heavy atom. The number of anilines is 1. The number of hydrogen-bond acceptors (Lipinski definition) is 4. The van der Waals surface area contributed by atoms with Crippen molar-refractivity contribution in [2.45, 2.75) is 18.7 Å². The molecule has 0 aromatic heterocycles. The lowest BCUT2D eigenvalue weighted by molar-refractivity contribution is 0.0961. The van der Waals surface area contributed by atoms with Crippen LogP contribution >= 0.6 is 0 Å². The van der Waals surface area contributed by atoms with Gasteiger partial charge in [-0.2, -0.15) is 0 Å². The molecular weight excluding hydrogens is 328 g/mol. The molecule has 2 rings (SSSR count).